The monoisotopic (exact) mass is 218 g/mol. The van der Waals surface area contributed by atoms with Gasteiger partial charge in [-0.15, -0.1) is 0 Å². The van der Waals surface area contributed by atoms with Gasteiger partial charge in [0.25, 0.3) is 0 Å². The van der Waals surface area contributed by atoms with E-state index in [4.69, 9.17) is 5.11 Å². The van der Waals surface area contributed by atoms with E-state index in [1.807, 2.05) is 0 Å². The molecule has 0 aromatic heterocycles. The second-order valence-corrected chi connectivity index (χ2v) is 4.37. The number of aliphatic hydroxyl groups is 1. The maximum absolute atomic E-state index is 13.3. The fourth-order valence-corrected chi connectivity index (χ4v) is 1.77. The van der Waals surface area contributed by atoms with Crippen molar-refractivity contribution < 1.29 is 9.50 Å². The van der Waals surface area contributed by atoms with Crippen molar-refractivity contribution >= 4 is 0 Å². The molecule has 15 heavy (non-hydrogen) atoms. The highest BCUT2D eigenvalue weighted by Crippen LogP contribution is 2.14. The third kappa shape index (κ3) is 11.8. The van der Waals surface area contributed by atoms with Crippen molar-refractivity contribution in [3.8, 4) is 0 Å². The van der Waals surface area contributed by atoms with Crippen LogP contribution in [0.25, 0.3) is 0 Å². The minimum absolute atomic E-state index is 0.244. The molecule has 1 N–H and O–H groups in total. The SMILES string of the molecule is CCCCCCCC(F)CCCCCO. The first-order valence-electron chi connectivity index (χ1n) is 6.56. The Kier molecular flexibility index (Phi) is 11.9. The largest absolute Gasteiger partial charge is 0.396 e. The van der Waals surface area contributed by atoms with Crippen molar-refractivity contribution in [3.05, 3.63) is 0 Å². The minimum atomic E-state index is -0.606. The van der Waals surface area contributed by atoms with Crippen molar-refractivity contribution in [1.29, 1.82) is 0 Å². The van der Waals surface area contributed by atoms with Gasteiger partial charge in [0.05, 0.1) is 0 Å². The number of hydrogen-bond acceptors (Lipinski definition) is 1. The van der Waals surface area contributed by atoms with E-state index in [-0.39, 0.29) is 6.61 Å². The summed E-state index contributed by atoms with van der Waals surface area (Å²) in [7, 11) is 0. The summed E-state index contributed by atoms with van der Waals surface area (Å²) in [5, 5.41) is 8.56. The van der Waals surface area contributed by atoms with Gasteiger partial charge >= 0.3 is 0 Å². The van der Waals surface area contributed by atoms with Crippen LogP contribution in [0.2, 0.25) is 0 Å². The quantitative estimate of drug-likeness (QED) is 0.514. The van der Waals surface area contributed by atoms with Crippen LogP contribution in [0.1, 0.15) is 71.1 Å². The Balaban J connectivity index is 3.08. The van der Waals surface area contributed by atoms with Crippen molar-refractivity contribution in [1.82, 2.24) is 0 Å². The van der Waals surface area contributed by atoms with Crippen LogP contribution in [0.15, 0.2) is 0 Å². The maximum atomic E-state index is 13.3. The number of unbranched alkanes of at least 4 members (excludes halogenated alkanes) is 6. The molecule has 0 aliphatic heterocycles. The molecule has 0 spiro atoms. The predicted molar refractivity (Wildman–Crippen MR) is 63.8 cm³/mol. The van der Waals surface area contributed by atoms with Gasteiger partial charge in [-0.3, -0.25) is 0 Å². The zero-order valence-corrected chi connectivity index (χ0v) is 10.2. The van der Waals surface area contributed by atoms with E-state index in [0.29, 0.717) is 6.42 Å². The number of aliphatic hydroxyl groups excluding tert-OH is 1. The van der Waals surface area contributed by atoms with E-state index in [1.54, 1.807) is 0 Å². The van der Waals surface area contributed by atoms with Gasteiger partial charge in [0, 0.05) is 6.61 Å². The summed E-state index contributed by atoms with van der Waals surface area (Å²) in [5.74, 6) is 0. The Morgan fingerprint density at radius 1 is 0.867 bits per heavy atom. The summed E-state index contributed by atoms with van der Waals surface area (Å²) < 4.78 is 13.3. The van der Waals surface area contributed by atoms with Crippen LogP contribution in [0.4, 0.5) is 4.39 Å². The molecule has 1 unspecified atom stereocenters. The topological polar surface area (TPSA) is 20.2 Å². The molecule has 92 valence electrons. The first-order chi connectivity index (χ1) is 7.31. The molecular formula is C13H27FO. The second kappa shape index (κ2) is 12.0. The van der Waals surface area contributed by atoms with Gasteiger partial charge in [-0.25, -0.2) is 4.39 Å². The number of alkyl halides is 1. The first-order valence-corrected chi connectivity index (χ1v) is 6.56. The molecule has 0 aromatic rings. The Bertz CT molecular complexity index is 117. The van der Waals surface area contributed by atoms with Crippen LogP contribution < -0.4 is 0 Å². The molecule has 0 radical (unpaired) electrons. The minimum Gasteiger partial charge on any atom is -0.396 e. The fourth-order valence-electron chi connectivity index (χ4n) is 1.77. The Labute approximate surface area is 94.1 Å². The molecular weight excluding hydrogens is 191 g/mol. The van der Waals surface area contributed by atoms with E-state index >= 15 is 0 Å². The maximum Gasteiger partial charge on any atom is 0.100 e. The molecule has 0 bridgehead atoms. The molecule has 0 aliphatic rings. The molecule has 0 saturated heterocycles. The highest BCUT2D eigenvalue weighted by atomic mass is 19.1. The standard InChI is InChI=1S/C13H27FO/c1-2-3-4-5-7-10-13(14)11-8-6-9-12-15/h13,15H,2-12H2,1H3. The van der Waals surface area contributed by atoms with Gasteiger partial charge < -0.3 is 5.11 Å². The van der Waals surface area contributed by atoms with Crippen LogP contribution in [0.3, 0.4) is 0 Å². The molecule has 0 saturated carbocycles. The highest BCUT2D eigenvalue weighted by Gasteiger charge is 2.05. The average molecular weight is 218 g/mol. The summed E-state index contributed by atoms with van der Waals surface area (Å²) in [5.41, 5.74) is 0. The van der Waals surface area contributed by atoms with Crippen molar-refractivity contribution in [2.45, 2.75) is 77.3 Å². The molecule has 0 aliphatic carbocycles. The van der Waals surface area contributed by atoms with Gasteiger partial charge in [0.1, 0.15) is 6.17 Å². The molecule has 0 heterocycles. The lowest BCUT2D eigenvalue weighted by molar-refractivity contribution is 0.261. The number of halogens is 1. The van der Waals surface area contributed by atoms with E-state index in [0.717, 1.165) is 32.1 Å². The molecule has 0 fully saturated rings. The highest BCUT2D eigenvalue weighted by molar-refractivity contribution is 4.57. The van der Waals surface area contributed by atoms with Crippen LogP contribution in [0.5, 0.6) is 0 Å². The molecule has 0 amide bonds. The van der Waals surface area contributed by atoms with Crippen LogP contribution in [-0.4, -0.2) is 17.9 Å². The van der Waals surface area contributed by atoms with Crippen molar-refractivity contribution in [3.63, 3.8) is 0 Å². The second-order valence-electron chi connectivity index (χ2n) is 4.37. The Morgan fingerprint density at radius 2 is 1.40 bits per heavy atom. The van der Waals surface area contributed by atoms with Crippen molar-refractivity contribution in [2.24, 2.45) is 0 Å². The summed E-state index contributed by atoms with van der Waals surface area (Å²) in [6.07, 6.45) is 9.56. The van der Waals surface area contributed by atoms with Crippen molar-refractivity contribution in [2.75, 3.05) is 6.61 Å². The van der Waals surface area contributed by atoms with E-state index in [2.05, 4.69) is 6.92 Å². The molecule has 2 heteroatoms. The zero-order chi connectivity index (χ0) is 11.4. The lowest BCUT2D eigenvalue weighted by Crippen LogP contribution is -2.00. The van der Waals surface area contributed by atoms with Crippen LogP contribution in [-0.2, 0) is 0 Å². The van der Waals surface area contributed by atoms with Gasteiger partial charge in [-0.2, -0.15) is 0 Å². The smallest absolute Gasteiger partial charge is 0.100 e. The predicted octanol–water partition coefficient (Wildman–Crippen LogP) is 4.24. The molecule has 1 atom stereocenters. The normalized spacial score (nSPS) is 13.0. The average Bonchev–Trinajstić information content (AvgIpc) is 2.24. The summed E-state index contributed by atoms with van der Waals surface area (Å²) >= 11 is 0. The Hall–Kier alpha value is -0.110. The lowest BCUT2D eigenvalue weighted by Gasteiger charge is -2.07. The van der Waals surface area contributed by atoms with Gasteiger partial charge in [0.15, 0.2) is 0 Å². The third-order valence-electron chi connectivity index (χ3n) is 2.80. The molecule has 0 rings (SSSR count). The summed E-state index contributed by atoms with van der Waals surface area (Å²) in [4.78, 5) is 0. The van der Waals surface area contributed by atoms with Gasteiger partial charge in [-0.1, -0.05) is 51.9 Å². The third-order valence-corrected chi connectivity index (χ3v) is 2.80. The molecule has 0 aromatic carbocycles. The number of hydrogen-bond donors (Lipinski definition) is 1. The Morgan fingerprint density at radius 3 is 1.93 bits per heavy atom. The molecule has 1 nitrogen and oxygen atoms in total. The summed E-state index contributed by atoms with van der Waals surface area (Å²) in [6.45, 7) is 2.44. The fraction of sp³-hybridized carbons (Fsp3) is 1.00. The zero-order valence-electron chi connectivity index (χ0n) is 10.2. The van der Waals surface area contributed by atoms with Crippen LogP contribution in [0, 0.1) is 0 Å². The van der Waals surface area contributed by atoms with Gasteiger partial charge in [-0.05, 0) is 19.3 Å². The van der Waals surface area contributed by atoms with Gasteiger partial charge in [0.2, 0.25) is 0 Å². The van der Waals surface area contributed by atoms with E-state index < -0.39 is 6.17 Å². The van der Waals surface area contributed by atoms with E-state index in [1.165, 1.54) is 25.7 Å². The van der Waals surface area contributed by atoms with Crippen LogP contribution >= 0.6 is 0 Å². The first kappa shape index (κ1) is 14.9. The van der Waals surface area contributed by atoms with E-state index in [9.17, 15) is 4.39 Å². The lowest BCUT2D eigenvalue weighted by atomic mass is 10.0. The number of rotatable bonds is 11. The summed E-state index contributed by atoms with van der Waals surface area (Å²) in [6, 6.07) is 0.